The molecule has 1 aromatic rings. The lowest BCUT2D eigenvalue weighted by atomic mass is 10.1. The van der Waals surface area contributed by atoms with E-state index in [2.05, 4.69) is 15.9 Å². The highest BCUT2D eigenvalue weighted by molar-refractivity contribution is 9.09. The summed E-state index contributed by atoms with van der Waals surface area (Å²) in [5, 5.41) is 9.69. The quantitative estimate of drug-likeness (QED) is 0.857. The predicted molar refractivity (Wildman–Crippen MR) is 60.9 cm³/mol. The predicted octanol–water partition coefficient (Wildman–Crippen LogP) is 3.04. The number of ether oxygens (including phenoxy) is 1. The van der Waals surface area contributed by atoms with Crippen LogP contribution in [0.15, 0.2) is 18.2 Å². The zero-order chi connectivity index (χ0) is 11.4. The molecule has 0 aliphatic rings. The Hall–Kier alpha value is -0.610. The molecule has 0 spiro atoms. The second kappa shape index (κ2) is 5.47. The SMILES string of the molecule is CCOc1ccc(C(O)C(C)Br)cc1F. The van der Waals surface area contributed by atoms with Gasteiger partial charge in [0, 0.05) is 4.83 Å². The molecule has 1 N–H and O–H groups in total. The van der Waals surface area contributed by atoms with E-state index in [1.165, 1.54) is 12.1 Å². The first-order valence-corrected chi connectivity index (χ1v) is 5.72. The van der Waals surface area contributed by atoms with E-state index >= 15 is 0 Å². The van der Waals surface area contributed by atoms with Gasteiger partial charge in [0.2, 0.25) is 0 Å². The Labute approximate surface area is 97.2 Å². The zero-order valence-electron chi connectivity index (χ0n) is 8.71. The maximum atomic E-state index is 13.4. The second-order valence-electron chi connectivity index (χ2n) is 3.25. The summed E-state index contributed by atoms with van der Waals surface area (Å²) in [5.41, 5.74) is 0.542. The van der Waals surface area contributed by atoms with Crippen molar-refractivity contribution < 1.29 is 14.2 Å². The number of hydrogen-bond acceptors (Lipinski definition) is 2. The third kappa shape index (κ3) is 3.18. The molecule has 15 heavy (non-hydrogen) atoms. The van der Waals surface area contributed by atoms with Gasteiger partial charge in [-0.05, 0) is 31.5 Å². The Morgan fingerprint density at radius 2 is 2.20 bits per heavy atom. The smallest absolute Gasteiger partial charge is 0.165 e. The molecule has 2 atom stereocenters. The van der Waals surface area contributed by atoms with Crippen molar-refractivity contribution in [1.82, 2.24) is 0 Å². The van der Waals surface area contributed by atoms with Crippen molar-refractivity contribution in [3.63, 3.8) is 0 Å². The summed E-state index contributed by atoms with van der Waals surface area (Å²) in [7, 11) is 0. The van der Waals surface area contributed by atoms with Gasteiger partial charge in [0.15, 0.2) is 11.6 Å². The Morgan fingerprint density at radius 3 is 2.67 bits per heavy atom. The standard InChI is InChI=1S/C11H14BrFO2/c1-3-15-10-5-4-8(6-9(10)13)11(14)7(2)12/h4-7,11,14H,3H2,1-2H3. The molecule has 84 valence electrons. The molecule has 0 saturated carbocycles. The van der Waals surface area contributed by atoms with E-state index in [1.54, 1.807) is 19.9 Å². The molecule has 2 unspecified atom stereocenters. The molecule has 0 radical (unpaired) electrons. The minimum Gasteiger partial charge on any atom is -0.491 e. The van der Waals surface area contributed by atoms with Crippen LogP contribution in [0.25, 0.3) is 0 Å². The van der Waals surface area contributed by atoms with Crippen molar-refractivity contribution in [2.75, 3.05) is 6.61 Å². The minimum atomic E-state index is -0.713. The summed E-state index contributed by atoms with van der Waals surface area (Å²) in [4.78, 5) is -0.116. The molecule has 0 aliphatic carbocycles. The van der Waals surface area contributed by atoms with Crippen molar-refractivity contribution in [2.45, 2.75) is 24.8 Å². The number of alkyl halides is 1. The number of benzene rings is 1. The molecular weight excluding hydrogens is 263 g/mol. The number of hydrogen-bond donors (Lipinski definition) is 1. The van der Waals surface area contributed by atoms with Crippen LogP contribution in [-0.2, 0) is 0 Å². The van der Waals surface area contributed by atoms with Gasteiger partial charge in [-0.15, -0.1) is 0 Å². The van der Waals surface area contributed by atoms with E-state index in [9.17, 15) is 9.50 Å². The highest BCUT2D eigenvalue weighted by Gasteiger charge is 2.15. The lowest BCUT2D eigenvalue weighted by Crippen LogP contribution is -2.08. The number of rotatable bonds is 4. The fraction of sp³-hybridized carbons (Fsp3) is 0.455. The van der Waals surface area contributed by atoms with Crippen LogP contribution in [0.4, 0.5) is 4.39 Å². The van der Waals surface area contributed by atoms with Gasteiger partial charge >= 0.3 is 0 Å². The monoisotopic (exact) mass is 276 g/mol. The van der Waals surface area contributed by atoms with E-state index in [0.717, 1.165) is 0 Å². The highest BCUT2D eigenvalue weighted by Crippen LogP contribution is 2.26. The Kier molecular flexibility index (Phi) is 4.54. The first-order valence-electron chi connectivity index (χ1n) is 4.80. The highest BCUT2D eigenvalue weighted by atomic mass is 79.9. The Bertz CT molecular complexity index is 328. The molecule has 0 aliphatic heterocycles. The fourth-order valence-corrected chi connectivity index (χ4v) is 1.54. The Morgan fingerprint density at radius 1 is 1.53 bits per heavy atom. The van der Waals surface area contributed by atoms with E-state index in [-0.39, 0.29) is 10.6 Å². The summed E-state index contributed by atoms with van der Waals surface area (Å²) in [6, 6.07) is 4.50. The summed E-state index contributed by atoms with van der Waals surface area (Å²) in [6.45, 7) is 4.02. The summed E-state index contributed by atoms with van der Waals surface area (Å²) in [5.74, 6) is -0.225. The van der Waals surface area contributed by atoms with Crippen molar-refractivity contribution >= 4 is 15.9 Å². The van der Waals surface area contributed by atoms with Crippen LogP contribution in [0.3, 0.4) is 0 Å². The van der Waals surface area contributed by atoms with Crippen molar-refractivity contribution in [3.05, 3.63) is 29.6 Å². The van der Waals surface area contributed by atoms with Gasteiger partial charge < -0.3 is 9.84 Å². The van der Waals surface area contributed by atoms with Crippen LogP contribution in [0, 0.1) is 5.82 Å². The Balaban J connectivity index is 2.90. The first kappa shape index (κ1) is 12.5. The molecule has 1 aromatic carbocycles. The van der Waals surface area contributed by atoms with Crippen molar-refractivity contribution in [1.29, 1.82) is 0 Å². The maximum absolute atomic E-state index is 13.4. The van der Waals surface area contributed by atoms with Crippen LogP contribution < -0.4 is 4.74 Å². The van der Waals surface area contributed by atoms with Crippen LogP contribution in [0.5, 0.6) is 5.75 Å². The second-order valence-corrected chi connectivity index (χ2v) is 4.69. The summed E-state index contributed by atoms with van der Waals surface area (Å²) >= 11 is 3.25. The minimum absolute atomic E-state index is 0.116. The van der Waals surface area contributed by atoms with E-state index < -0.39 is 11.9 Å². The van der Waals surface area contributed by atoms with Crippen molar-refractivity contribution in [2.24, 2.45) is 0 Å². The third-order valence-electron chi connectivity index (χ3n) is 2.03. The molecule has 0 aromatic heterocycles. The maximum Gasteiger partial charge on any atom is 0.165 e. The summed E-state index contributed by atoms with van der Waals surface area (Å²) in [6.07, 6.45) is -0.713. The zero-order valence-corrected chi connectivity index (χ0v) is 10.3. The van der Waals surface area contributed by atoms with Crippen LogP contribution in [0.1, 0.15) is 25.5 Å². The first-order chi connectivity index (χ1) is 7.06. The molecule has 1 rings (SSSR count). The van der Waals surface area contributed by atoms with E-state index in [1.807, 2.05) is 0 Å². The normalized spacial score (nSPS) is 14.7. The number of aliphatic hydroxyl groups is 1. The van der Waals surface area contributed by atoms with Gasteiger partial charge in [-0.1, -0.05) is 22.0 Å². The topological polar surface area (TPSA) is 29.5 Å². The van der Waals surface area contributed by atoms with Crippen LogP contribution >= 0.6 is 15.9 Å². The average Bonchev–Trinajstić information content (AvgIpc) is 2.20. The third-order valence-corrected chi connectivity index (χ3v) is 2.53. The molecule has 0 fully saturated rings. The molecule has 2 nitrogen and oxygen atoms in total. The van der Waals surface area contributed by atoms with E-state index in [0.29, 0.717) is 12.2 Å². The molecule has 0 saturated heterocycles. The van der Waals surface area contributed by atoms with Crippen LogP contribution in [-0.4, -0.2) is 16.5 Å². The molecule has 0 heterocycles. The lowest BCUT2D eigenvalue weighted by Gasteiger charge is -2.14. The number of halogens is 2. The van der Waals surface area contributed by atoms with Crippen LogP contribution in [0.2, 0.25) is 0 Å². The lowest BCUT2D eigenvalue weighted by molar-refractivity contribution is 0.180. The van der Waals surface area contributed by atoms with Gasteiger partial charge in [-0.2, -0.15) is 0 Å². The van der Waals surface area contributed by atoms with Gasteiger partial charge in [0.25, 0.3) is 0 Å². The van der Waals surface area contributed by atoms with E-state index in [4.69, 9.17) is 4.74 Å². The molecule has 0 bridgehead atoms. The van der Waals surface area contributed by atoms with Gasteiger partial charge in [-0.3, -0.25) is 0 Å². The molecule has 0 amide bonds. The van der Waals surface area contributed by atoms with Gasteiger partial charge in [-0.25, -0.2) is 4.39 Å². The average molecular weight is 277 g/mol. The molecule has 4 heteroatoms. The largest absolute Gasteiger partial charge is 0.491 e. The van der Waals surface area contributed by atoms with Gasteiger partial charge in [0.1, 0.15) is 0 Å². The summed E-state index contributed by atoms with van der Waals surface area (Å²) < 4.78 is 18.5. The fourth-order valence-electron chi connectivity index (χ4n) is 1.24. The van der Waals surface area contributed by atoms with Crippen molar-refractivity contribution in [3.8, 4) is 5.75 Å². The number of aliphatic hydroxyl groups excluding tert-OH is 1. The van der Waals surface area contributed by atoms with Gasteiger partial charge in [0.05, 0.1) is 12.7 Å². The molecular formula is C11H14BrFO2.